The molecule has 38 heavy (non-hydrogen) atoms. The fourth-order valence-corrected chi connectivity index (χ4v) is 7.80. The molecule has 4 aromatic rings. The van der Waals surface area contributed by atoms with Gasteiger partial charge in [0.2, 0.25) is 0 Å². The molecule has 3 aliphatic rings. The lowest BCUT2D eigenvalue weighted by atomic mass is 9.64. The minimum Gasteiger partial charge on any atom is -0.352 e. The molecular weight excluding hydrogens is 537 g/mol. The number of ketones is 3. The summed E-state index contributed by atoms with van der Waals surface area (Å²) in [5, 5.41) is 2.60. The number of nitrogens with zero attached hydrogens (tertiary/aromatic N) is 1. The van der Waals surface area contributed by atoms with Crippen LogP contribution in [0.1, 0.15) is 47.4 Å². The molecule has 186 valence electrons. The molecule has 7 rings (SSSR count). The number of thiophene rings is 1. The number of rotatable bonds is 3. The van der Waals surface area contributed by atoms with E-state index in [4.69, 9.17) is 23.2 Å². The van der Waals surface area contributed by atoms with Gasteiger partial charge in [-0.1, -0.05) is 90.0 Å². The van der Waals surface area contributed by atoms with Crippen LogP contribution in [-0.4, -0.2) is 29.4 Å². The number of anilines is 1. The van der Waals surface area contributed by atoms with E-state index in [0.717, 1.165) is 11.3 Å². The highest BCUT2D eigenvalue weighted by Gasteiger charge is 2.71. The largest absolute Gasteiger partial charge is 0.352 e. The maximum absolute atomic E-state index is 14.6. The molecule has 3 aromatic carbocycles. The van der Waals surface area contributed by atoms with Gasteiger partial charge in [-0.3, -0.25) is 14.4 Å². The van der Waals surface area contributed by atoms with Crippen molar-refractivity contribution < 1.29 is 14.4 Å². The highest BCUT2D eigenvalue weighted by molar-refractivity contribution is 7.12. The molecule has 4 nitrogen and oxygen atoms in total. The number of hydrogen-bond donors (Lipinski definition) is 0. The molecule has 1 aromatic heterocycles. The maximum Gasteiger partial charge on any atom is 0.195 e. The molecule has 1 spiro atoms. The van der Waals surface area contributed by atoms with E-state index in [9.17, 15) is 14.4 Å². The Hall–Kier alpha value is -3.51. The molecule has 1 aliphatic carbocycles. The van der Waals surface area contributed by atoms with Crippen LogP contribution in [0.15, 0.2) is 90.3 Å². The van der Waals surface area contributed by atoms with E-state index < -0.39 is 23.4 Å². The van der Waals surface area contributed by atoms with Crippen LogP contribution in [0.2, 0.25) is 10.0 Å². The number of benzene rings is 3. The molecule has 1 saturated heterocycles. The Kier molecular flexibility index (Phi) is 5.28. The van der Waals surface area contributed by atoms with Crippen molar-refractivity contribution in [2.24, 2.45) is 5.41 Å². The van der Waals surface area contributed by atoms with Crippen molar-refractivity contribution in [1.29, 1.82) is 0 Å². The van der Waals surface area contributed by atoms with Crippen LogP contribution in [0, 0.1) is 5.41 Å². The van der Waals surface area contributed by atoms with E-state index in [2.05, 4.69) is 0 Å². The van der Waals surface area contributed by atoms with Crippen molar-refractivity contribution >= 4 is 63.7 Å². The first-order valence-corrected chi connectivity index (χ1v) is 13.8. The number of para-hydroxylation sites is 1. The summed E-state index contributed by atoms with van der Waals surface area (Å²) >= 11 is 14.4. The molecule has 2 aliphatic heterocycles. The Morgan fingerprint density at radius 3 is 2.26 bits per heavy atom. The second-order valence-electron chi connectivity index (χ2n) is 9.77. The first-order chi connectivity index (χ1) is 18.4. The zero-order valence-electron chi connectivity index (χ0n) is 19.8. The van der Waals surface area contributed by atoms with E-state index in [1.54, 1.807) is 48.5 Å². The second-order valence-corrected chi connectivity index (χ2v) is 11.6. The van der Waals surface area contributed by atoms with Crippen molar-refractivity contribution in [2.75, 3.05) is 4.90 Å². The van der Waals surface area contributed by atoms with Crippen molar-refractivity contribution in [2.45, 2.75) is 18.0 Å². The Labute approximate surface area is 233 Å². The minimum absolute atomic E-state index is 0.153. The zero-order chi connectivity index (χ0) is 26.2. The Morgan fingerprint density at radius 2 is 1.58 bits per heavy atom. The number of Topliss-reactive ketones (excluding diaryl/α,β-unsaturated/α-hetero) is 3. The van der Waals surface area contributed by atoms with Gasteiger partial charge < -0.3 is 4.90 Å². The fraction of sp³-hybridized carbons (Fsp3) is 0.129. The van der Waals surface area contributed by atoms with Gasteiger partial charge in [-0.25, -0.2) is 0 Å². The summed E-state index contributed by atoms with van der Waals surface area (Å²) < 4.78 is 0. The van der Waals surface area contributed by atoms with Crippen molar-refractivity contribution in [3.63, 3.8) is 0 Å². The van der Waals surface area contributed by atoms with Gasteiger partial charge in [-0.2, -0.15) is 0 Å². The van der Waals surface area contributed by atoms with Gasteiger partial charge >= 0.3 is 0 Å². The number of carbonyl (C=O) groups is 3. The molecule has 1 fully saturated rings. The quantitative estimate of drug-likeness (QED) is 0.195. The Bertz CT molecular complexity index is 1660. The molecule has 0 N–H and O–H groups in total. The van der Waals surface area contributed by atoms with E-state index in [-0.39, 0.29) is 17.3 Å². The summed E-state index contributed by atoms with van der Waals surface area (Å²) in [7, 11) is 0. The number of carbonyl (C=O) groups excluding carboxylic acids is 3. The van der Waals surface area contributed by atoms with E-state index in [0.29, 0.717) is 31.6 Å². The van der Waals surface area contributed by atoms with Gasteiger partial charge in [0.25, 0.3) is 0 Å². The lowest BCUT2D eigenvalue weighted by Crippen LogP contribution is -2.48. The third kappa shape index (κ3) is 3.01. The molecule has 0 saturated carbocycles. The topological polar surface area (TPSA) is 54.5 Å². The smallest absolute Gasteiger partial charge is 0.195 e. The predicted molar refractivity (Wildman–Crippen MR) is 151 cm³/mol. The number of hydrogen-bond acceptors (Lipinski definition) is 5. The van der Waals surface area contributed by atoms with Crippen LogP contribution in [0.3, 0.4) is 0 Å². The van der Waals surface area contributed by atoms with Crippen LogP contribution < -0.4 is 4.90 Å². The average Bonchev–Trinajstić information content (AvgIpc) is 3.62. The summed E-state index contributed by atoms with van der Waals surface area (Å²) in [6, 6.07) is 21.8. The number of fused-ring (bicyclic) bond motifs is 5. The minimum atomic E-state index is -1.58. The molecule has 3 heterocycles. The standard InChI is InChI=1S/C31H19Cl2NO3S/c32-18-12-13-21(22(33)16-18)26-27(28(35)24-10-5-15-38-24)34-23-9-4-1-6-17(23)11-14-25(34)31(26)29(36)19-7-2-3-8-20(19)30(31)37/h1-16,25-27H/t25-,26-,27+/m1/s1. The van der Waals surface area contributed by atoms with Crippen molar-refractivity contribution in [1.82, 2.24) is 0 Å². The third-order valence-corrected chi connectivity index (χ3v) is 9.49. The second kappa shape index (κ2) is 8.50. The van der Waals surface area contributed by atoms with Gasteiger partial charge in [0.15, 0.2) is 17.3 Å². The van der Waals surface area contributed by atoms with Gasteiger partial charge in [0.05, 0.1) is 10.9 Å². The molecule has 0 radical (unpaired) electrons. The highest BCUT2D eigenvalue weighted by atomic mass is 35.5. The zero-order valence-corrected chi connectivity index (χ0v) is 22.1. The summed E-state index contributed by atoms with van der Waals surface area (Å²) in [4.78, 5) is 46.1. The lowest BCUT2D eigenvalue weighted by molar-refractivity contribution is 0.0666. The normalized spacial score (nSPS) is 22.5. The molecule has 3 atom stereocenters. The molecular formula is C31H19Cl2NO3S. The van der Waals surface area contributed by atoms with E-state index >= 15 is 0 Å². The SMILES string of the molecule is O=C(c1cccs1)[C@@H]1[C@@H](c2ccc(Cl)cc2Cl)C2(C(=O)c3ccccc3C2=O)[C@H]2C=Cc3ccccc3N12. The highest BCUT2D eigenvalue weighted by Crippen LogP contribution is 2.61. The van der Waals surface area contributed by atoms with Crippen molar-refractivity contribution in [3.8, 4) is 0 Å². The van der Waals surface area contributed by atoms with Crippen LogP contribution >= 0.6 is 34.5 Å². The fourth-order valence-electron chi connectivity index (χ4n) is 6.58. The Morgan fingerprint density at radius 1 is 0.868 bits per heavy atom. The van der Waals surface area contributed by atoms with Crippen molar-refractivity contribution in [3.05, 3.63) is 127 Å². The number of halogens is 2. The third-order valence-electron chi connectivity index (χ3n) is 8.04. The van der Waals surface area contributed by atoms with Crippen LogP contribution in [-0.2, 0) is 0 Å². The van der Waals surface area contributed by atoms with Gasteiger partial charge in [0, 0.05) is 32.8 Å². The van der Waals surface area contributed by atoms with Crippen LogP contribution in [0.5, 0.6) is 0 Å². The maximum atomic E-state index is 14.6. The predicted octanol–water partition coefficient (Wildman–Crippen LogP) is 7.37. The molecule has 7 heteroatoms. The van der Waals surface area contributed by atoms with E-state index in [1.807, 2.05) is 52.8 Å². The first kappa shape index (κ1) is 23.6. The summed E-state index contributed by atoms with van der Waals surface area (Å²) in [5.74, 6) is -1.57. The van der Waals surface area contributed by atoms with Gasteiger partial charge in [-0.15, -0.1) is 11.3 Å². The molecule has 0 unspecified atom stereocenters. The summed E-state index contributed by atoms with van der Waals surface area (Å²) in [5.41, 5.74) is 1.45. The molecule has 0 bridgehead atoms. The first-order valence-electron chi connectivity index (χ1n) is 12.2. The lowest BCUT2D eigenvalue weighted by Gasteiger charge is -2.37. The monoisotopic (exact) mass is 555 g/mol. The Balaban J connectivity index is 1.58. The van der Waals surface area contributed by atoms with Crippen LogP contribution in [0.4, 0.5) is 5.69 Å². The van der Waals surface area contributed by atoms with E-state index in [1.165, 1.54) is 11.3 Å². The molecule has 0 amide bonds. The summed E-state index contributed by atoms with van der Waals surface area (Å²) in [6.07, 6.45) is 3.85. The van der Waals surface area contributed by atoms with Gasteiger partial charge in [0.1, 0.15) is 11.5 Å². The summed E-state index contributed by atoms with van der Waals surface area (Å²) in [6.45, 7) is 0. The van der Waals surface area contributed by atoms with Gasteiger partial charge in [-0.05, 0) is 40.8 Å². The van der Waals surface area contributed by atoms with Crippen LogP contribution in [0.25, 0.3) is 6.08 Å². The average molecular weight is 556 g/mol.